The van der Waals surface area contributed by atoms with Gasteiger partial charge in [-0.05, 0) is 75.9 Å². The molecule has 0 heterocycles. The predicted molar refractivity (Wildman–Crippen MR) is 120 cm³/mol. The molecule has 0 spiro atoms. The molecule has 0 bridgehead atoms. The summed E-state index contributed by atoms with van der Waals surface area (Å²) in [6.07, 6.45) is 0.0870. The maximum Gasteiger partial charge on any atom is 0.343 e. The van der Waals surface area contributed by atoms with E-state index in [2.05, 4.69) is 13.8 Å². The van der Waals surface area contributed by atoms with Crippen molar-refractivity contribution in [3.05, 3.63) is 53.6 Å². The van der Waals surface area contributed by atoms with Crippen molar-refractivity contribution in [2.45, 2.75) is 66.5 Å². The number of carbonyl (C=O) groups excluding carboxylic acids is 1. The zero-order valence-electron chi connectivity index (χ0n) is 19.3. The largest absolute Gasteiger partial charge is 0.461 e. The third kappa shape index (κ3) is 7.56. The first-order valence-electron chi connectivity index (χ1n) is 10.9. The Morgan fingerprint density at radius 3 is 1.94 bits per heavy atom. The number of ether oxygens (including phenoxy) is 5. The zero-order chi connectivity index (χ0) is 22.8. The van der Waals surface area contributed by atoms with Crippen LogP contribution in [0.4, 0.5) is 0 Å². The van der Waals surface area contributed by atoms with Crippen LogP contribution in [0.1, 0.15) is 69.8 Å². The lowest BCUT2D eigenvalue weighted by Gasteiger charge is -2.20. The number of esters is 1. The Kier molecular flexibility index (Phi) is 9.82. The lowest BCUT2D eigenvalue weighted by molar-refractivity contribution is -0.0766. The Balaban J connectivity index is 2.19. The lowest BCUT2D eigenvalue weighted by Crippen LogP contribution is -2.20. The van der Waals surface area contributed by atoms with Gasteiger partial charge in [-0.1, -0.05) is 26.0 Å². The van der Waals surface area contributed by atoms with Gasteiger partial charge in [0, 0.05) is 13.2 Å². The molecule has 2 aromatic carbocycles. The average molecular weight is 431 g/mol. The van der Waals surface area contributed by atoms with E-state index in [9.17, 15) is 4.79 Å². The molecule has 0 amide bonds. The number of benzene rings is 2. The molecule has 170 valence electrons. The number of hydrogen-bond acceptors (Lipinski definition) is 6. The minimum absolute atomic E-state index is 0.348. The van der Waals surface area contributed by atoms with E-state index >= 15 is 0 Å². The number of rotatable bonds is 12. The minimum Gasteiger partial charge on any atom is -0.461 e. The van der Waals surface area contributed by atoms with Crippen LogP contribution in [0.3, 0.4) is 0 Å². The average Bonchev–Trinajstić information content (AvgIpc) is 2.75. The molecule has 0 aliphatic heterocycles. The van der Waals surface area contributed by atoms with Gasteiger partial charge in [-0.2, -0.15) is 0 Å². The van der Waals surface area contributed by atoms with Crippen LogP contribution in [0, 0.1) is 0 Å². The molecule has 31 heavy (non-hydrogen) atoms. The smallest absolute Gasteiger partial charge is 0.343 e. The molecule has 0 aliphatic carbocycles. The molecule has 0 saturated carbocycles. The fraction of sp³-hybridized carbons (Fsp3) is 0.480. The fourth-order valence-electron chi connectivity index (χ4n) is 2.99. The molecule has 0 N–H and O–H groups in total. The Hall–Kier alpha value is -2.57. The summed E-state index contributed by atoms with van der Waals surface area (Å²) in [7, 11) is 0. The van der Waals surface area contributed by atoms with Gasteiger partial charge in [0.1, 0.15) is 5.75 Å². The fourth-order valence-corrected chi connectivity index (χ4v) is 2.99. The highest BCUT2D eigenvalue weighted by molar-refractivity contribution is 5.91. The molecule has 6 nitrogen and oxygen atoms in total. The van der Waals surface area contributed by atoms with Crippen molar-refractivity contribution in [1.29, 1.82) is 0 Å². The Morgan fingerprint density at radius 2 is 1.39 bits per heavy atom. The second-order valence-electron chi connectivity index (χ2n) is 7.21. The maximum atomic E-state index is 12.7. The van der Waals surface area contributed by atoms with E-state index in [1.165, 1.54) is 5.56 Å². The first kappa shape index (κ1) is 24.7. The second-order valence-corrected chi connectivity index (χ2v) is 7.21. The highest BCUT2D eigenvalue weighted by Crippen LogP contribution is 2.31. The molecule has 0 radical (unpaired) electrons. The van der Waals surface area contributed by atoms with Crippen LogP contribution in [-0.4, -0.2) is 31.8 Å². The molecule has 6 heteroatoms. The van der Waals surface area contributed by atoms with E-state index in [1.807, 2.05) is 38.1 Å². The minimum atomic E-state index is -0.505. The highest BCUT2D eigenvalue weighted by atomic mass is 16.7. The summed E-state index contributed by atoms with van der Waals surface area (Å²) in [5.74, 6) is 1.32. The molecule has 2 aromatic rings. The van der Waals surface area contributed by atoms with E-state index in [0.29, 0.717) is 41.9 Å². The molecular formula is C25H34O6. The summed E-state index contributed by atoms with van der Waals surface area (Å²) in [6, 6.07) is 12.5. The normalized spacial score (nSPS) is 13.9. The van der Waals surface area contributed by atoms with Crippen molar-refractivity contribution in [1.82, 2.24) is 0 Å². The van der Waals surface area contributed by atoms with E-state index in [0.717, 1.165) is 6.42 Å². The van der Waals surface area contributed by atoms with E-state index < -0.39 is 18.5 Å². The Labute approximate surface area is 185 Å². The molecule has 0 aliphatic rings. The van der Waals surface area contributed by atoms with Gasteiger partial charge in [0.25, 0.3) is 0 Å². The van der Waals surface area contributed by atoms with Gasteiger partial charge in [-0.15, -0.1) is 0 Å². The van der Waals surface area contributed by atoms with Crippen molar-refractivity contribution in [2.75, 3.05) is 13.2 Å². The van der Waals surface area contributed by atoms with Crippen molar-refractivity contribution in [3.63, 3.8) is 0 Å². The first-order chi connectivity index (χ1) is 14.9. The lowest BCUT2D eigenvalue weighted by atomic mass is 9.99. The van der Waals surface area contributed by atoms with Crippen molar-refractivity contribution < 1.29 is 28.5 Å². The molecule has 3 atom stereocenters. The molecule has 2 rings (SSSR count). The maximum absolute atomic E-state index is 12.7. The Bertz CT molecular complexity index is 817. The standard InChI is InChI=1S/C25H34O6/c1-7-17(4)20-10-13-22(14-11-20)31-25(26)21-12-15-23(29-18(5)27-8-2)24(16-21)30-19(6)28-9-3/h10-19H,7-9H2,1-6H3. The summed E-state index contributed by atoms with van der Waals surface area (Å²) >= 11 is 0. The van der Waals surface area contributed by atoms with Crippen molar-refractivity contribution in [2.24, 2.45) is 0 Å². The first-order valence-corrected chi connectivity index (χ1v) is 10.9. The summed E-state index contributed by atoms with van der Waals surface area (Å²) in [5, 5.41) is 0. The van der Waals surface area contributed by atoms with Crippen LogP contribution < -0.4 is 14.2 Å². The van der Waals surface area contributed by atoms with Crippen LogP contribution in [0.2, 0.25) is 0 Å². The summed E-state index contributed by atoms with van der Waals surface area (Å²) in [4.78, 5) is 12.7. The highest BCUT2D eigenvalue weighted by Gasteiger charge is 2.17. The quantitative estimate of drug-likeness (QED) is 0.236. The van der Waals surface area contributed by atoms with Crippen LogP contribution >= 0.6 is 0 Å². The molecule has 0 aromatic heterocycles. The third-order valence-electron chi connectivity index (χ3n) is 4.84. The summed E-state index contributed by atoms with van der Waals surface area (Å²) < 4.78 is 28.1. The number of carbonyl (C=O) groups is 1. The molecule has 3 unspecified atom stereocenters. The van der Waals surface area contributed by atoms with Gasteiger partial charge in [0.2, 0.25) is 0 Å². The van der Waals surface area contributed by atoms with E-state index in [4.69, 9.17) is 23.7 Å². The second kappa shape index (κ2) is 12.3. The number of hydrogen-bond donors (Lipinski definition) is 0. The zero-order valence-corrected chi connectivity index (χ0v) is 19.3. The monoisotopic (exact) mass is 430 g/mol. The summed E-state index contributed by atoms with van der Waals surface area (Å²) in [6.45, 7) is 12.7. The predicted octanol–water partition coefficient (Wildman–Crippen LogP) is 5.94. The van der Waals surface area contributed by atoms with Gasteiger partial charge in [0.05, 0.1) is 5.56 Å². The van der Waals surface area contributed by atoms with Gasteiger partial charge in [-0.25, -0.2) is 4.79 Å². The Morgan fingerprint density at radius 1 is 0.806 bits per heavy atom. The van der Waals surface area contributed by atoms with E-state index in [1.54, 1.807) is 32.0 Å². The van der Waals surface area contributed by atoms with E-state index in [-0.39, 0.29) is 0 Å². The van der Waals surface area contributed by atoms with Crippen molar-refractivity contribution >= 4 is 5.97 Å². The van der Waals surface area contributed by atoms with Crippen LogP contribution in [-0.2, 0) is 9.47 Å². The van der Waals surface area contributed by atoms with Crippen LogP contribution in [0.5, 0.6) is 17.2 Å². The van der Waals surface area contributed by atoms with Crippen LogP contribution in [0.25, 0.3) is 0 Å². The van der Waals surface area contributed by atoms with Gasteiger partial charge < -0.3 is 23.7 Å². The molecule has 0 fully saturated rings. The van der Waals surface area contributed by atoms with Gasteiger partial charge >= 0.3 is 5.97 Å². The summed E-state index contributed by atoms with van der Waals surface area (Å²) in [5.41, 5.74) is 1.56. The topological polar surface area (TPSA) is 63.2 Å². The van der Waals surface area contributed by atoms with Crippen molar-refractivity contribution in [3.8, 4) is 17.2 Å². The molecular weight excluding hydrogens is 396 g/mol. The van der Waals surface area contributed by atoms with Crippen LogP contribution in [0.15, 0.2) is 42.5 Å². The van der Waals surface area contributed by atoms with Gasteiger partial charge in [-0.3, -0.25) is 0 Å². The van der Waals surface area contributed by atoms with Gasteiger partial charge in [0.15, 0.2) is 24.1 Å². The molecule has 0 saturated heterocycles. The third-order valence-corrected chi connectivity index (χ3v) is 4.84. The SMILES string of the molecule is CCOC(C)Oc1ccc(C(=O)Oc2ccc(C(C)CC)cc2)cc1OC(C)OCC.